The normalized spacial score (nSPS) is 27.5. The third-order valence-electron chi connectivity index (χ3n) is 2.27. The lowest BCUT2D eigenvalue weighted by Crippen LogP contribution is -2.29. The van der Waals surface area contributed by atoms with Gasteiger partial charge in [0, 0.05) is 18.8 Å². The van der Waals surface area contributed by atoms with Crippen LogP contribution in [0.15, 0.2) is 30.3 Å². The molecule has 1 fully saturated rings. The van der Waals surface area contributed by atoms with Gasteiger partial charge in [0.15, 0.2) is 0 Å². The summed E-state index contributed by atoms with van der Waals surface area (Å²) in [4.78, 5) is 0. The molecule has 3 heteroatoms. The van der Waals surface area contributed by atoms with Gasteiger partial charge in [-0.2, -0.15) is 0 Å². The average molecular weight is 180 g/mol. The predicted octanol–water partition coefficient (Wildman–Crippen LogP) is 1.41. The van der Waals surface area contributed by atoms with E-state index in [9.17, 15) is 4.39 Å². The number of rotatable bonds is 2. The molecule has 1 aliphatic heterocycles. The second-order valence-electron chi connectivity index (χ2n) is 3.29. The lowest BCUT2D eigenvalue weighted by molar-refractivity contribution is 0.342. The van der Waals surface area contributed by atoms with E-state index < -0.39 is 6.17 Å². The van der Waals surface area contributed by atoms with Gasteiger partial charge in [-0.15, -0.1) is 0 Å². The second kappa shape index (κ2) is 3.75. The van der Waals surface area contributed by atoms with Crippen molar-refractivity contribution in [1.29, 1.82) is 0 Å². The van der Waals surface area contributed by atoms with E-state index in [1.165, 1.54) is 0 Å². The van der Waals surface area contributed by atoms with Crippen molar-refractivity contribution >= 4 is 5.69 Å². The van der Waals surface area contributed by atoms with E-state index in [0.717, 1.165) is 5.69 Å². The standard InChI is InChI=1S/C10H13FN2/c11-9-6-12-7-10(9)13-8-4-2-1-3-5-8/h1-5,9-10,12-13H,6-7H2. The van der Waals surface area contributed by atoms with Crippen LogP contribution in [-0.4, -0.2) is 25.3 Å². The Hall–Kier alpha value is -1.09. The van der Waals surface area contributed by atoms with Crippen molar-refractivity contribution in [2.75, 3.05) is 18.4 Å². The van der Waals surface area contributed by atoms with Crippen LogP contribution in [0.5, 0.6) is 0 Å². The summed E-state index contributed by atoms with van der Waals surface area (Å²) >= 11 is 0. The zero-order valence-corrected chi connectivity index (χ0v) is 7.33. The van der Waals surface area contributed by atoms with Crippen LogP contribution in [0.25, 0.3) is 0 Å². The average Bonchev–Trinajstić information content (AvgIpc) is 2.54. The Labute approximate surface area is 77.2 Å². The molecule has 0 amide bonds. The van der Waals surface area contributed by atoms with E-state index in [0.29, 0.717) is 13.1 Å². The number of halogens is 1. The third-order valence-corrected chi connectivity index (χ3v) is 2.27. The van der Waals surface area contributed by atoms with Gasteiger partial charge < -0.3 is 10.6 Å². The van der Waals surface area contributed by atoms with E-state index in [1.807, 2.05) is 30.3 Å². The maximum Gasteiger partial charge on any atom is 0.134 e. The highest BCUT2D eigenvalue weighted by atomic mass is 19.1. The lowest BCUT2D eigenvalue weighted by Gasteiger charge is -2.14. The van der Waals surface area contributed by atoms with Crippen molar-refractivity contribution in [3.8, 4) is 0 Å². The topological polar surface area (TPSA) is 24.1 Å². The van der Waals surface area contributed by atoms with E-state index >= 15 is 0 Å². The molecule has 1 heterocycles. The van der Waals surface area contributed by atoms with Crippen LogP contribution in [0.2, 0.25) is 0 Å². The van der Waals surface area contributed by atoms with Crippen LogP contribution >= 0.6 is 0 Å². The number of benzene rings is 1. The van der Waals surface area contributed by atoms with E-state index in [-0.39, 0.29) is 6.04 Å². The van der Waals surface area contributed by atoms with E-state index in [2.05, 4.69) is 10.6 Å². The van der Waals surface area contributed by atoms with Gasteiger partial charge >= 0.3 is 0 Å². The molecule has 0 saturated carbocycles. The molecule has 13 heavy (non-hydrogen) atoms. The van der Waals surface area contributed by atoms with E-state index in [4.69, 9.17) is 0 Å². The first-order valence-corrected chi connectivity index (χ1v) is 4.52. The van der Waals surface area contributed by atoms with Gasteiger partial charge in [-0.1, -0.05) is 18.2 Å². The lowest BCUT2D eigenvalue weighted by atomic mass is 10.2. The molecule has 2 atom stereocenters. The van der Waals surface area contributed by atoms with Crippen LogP contribution in [0, 0.1) is 0 Å². The molecule has 1 aromatic rings. The van der Waals surface area contributed by atoms with Crippen molar-refractivity contribution in [1.82, 2.24) is 5.32 Å². The summed E-state index contributed by atoms with van der Waals surface area (Å²) < 4.78 is 13.1. The molecule has 0 aliphatic carbocycles. The van der Waals surface area contributed by atoms with Crippen LogP contribution in [0.4, 0.5) is 10.1 Å². The highest BCUT2D eigenvalue weighted by Gasteiger charge is 2.25. The summed E-state index contributed by atoms with van der Waals surface area (Å²) in [6, 6.07) is 9.65. The summed E-state index contributed by atoms with van der Waals surface area (Å²) in [5.74, 6) is 0. The summed E-state index contributed by atoms with van der Waals surface area (Å²) in [5.41, 5.74) is 0.985. The van der Waals surface area contributed by atoms with Crippen molar-refractivity contribution in [3.05, 3.63) is 30.3 Å². The molecule has 1 saturated heterocycles. The van der Waals surface area contributed by atoms with Crippen LogP contribution in [0.1, 0.15) is 0 Å². The fraction of sp³-hybridized carbons (Fsp3) is 0.400. The maximum absolute atomic E-state index is 13.1. The summed E-state index contributed by atoms with van der Waals surface area (Å²) in [6.45, 7) is 1.17. The Kier molecular flexibility index (Phi) is 2.45. The van der Waals surface area contributed by atoms with Crippen molar-refractivity contribution < 1.29 is 4.39 Å². The summed E-state index contributed by atoms with van der Waals surface area (Å²) in [5, 5.41) is 6.16. The highest BCUT2D eigenvalue weighted by molar-refractivity contribution is 5.44. The van der Waals surface area contributed by atoms with Gasteiger partial charge in [-0.25, -0.2) is 4.39 Å². The molecule has 0 aromatic heterocycles. The minimum Gasteiger partial charge on any atom is -0.378 e. The Morgan fingerprint density at radius 1 is 1.23 bits per heavy atom. The predicted molar refractivity (Wildman–Crippen MR) is 51.6 cm³/mol. The molecule has 2 N–H and O–H groups in total. The smallest absolute Gasteiger partial charge is 0.134 e. The highest BCUT2D eigenvalue weighted by Crippen LogP contribution is 2.12. The minimum absolute atomic E-state index is 0.0811. The van der Waals surface area contributed by atoms with Crippen LogP contribution in [0.3, 0.4) is 0 Å². The van der Waals surface area contributed by atoms with Crippen molar-refractivity contribution in [2.24, 2.45) is 0 Å². The second-order valence-corrected chi connectivity index (χ2v) is 3.29. The Morgan fingerprint density at radius 3 is 2.62 bits per heavy atom. The zero-order chi connectivity index (χ0) is 9.10. The minimum atomic E-state index is -0.778. The number of hydrogen-bond donors (Lipinski definition) is 2. The fourth-order valence-electron chi connectivity index (χ4n) is 1.54. The quantitative estimate of drug-likeness (QED) is 0.719. The van der Waals surface area contributed by atoms with Crippen LogP contribution < -0.4 is 10.6 Å². The van der Waals surface area contributed by atoms with E-state index in [1.54, 1.807) is 0 Å². The Morgan fingerprint density at radius 2 is 2.00 bits per heavy atom. The van der Waals surface area contributed by atoms with Gasteiger partial charge in [-0.05, 0) is 12.1 Å². The SMILES string of the molecule is FC1CNCC1Nc1ccccc1. The molecule has 1 aliphatic rings. The molecule has 0 spiro atoms. The molecule has 2 unspecified atom stereocenters. The molecule has 1 aromatic carbocycles. The van der Waals surface area contributed by atoms with Crippen molar-refractivity contribution in [3.63, 3.8) is 0 Å². The Balaban J connectivity index is 1.98. The summed E-state index contributed by atoms with van der Waals surface area (Å²) in [7, 11) is 0. The summed E-state index contributed by atoms with van der Waals surface area (Å²) in [6.07, 6.45) is -0.778. The maximum atomic E-state index is 13.1. The van der Waals surface area contributed by atoms with Gasteiger partial charge in [0.05, 0.1) is 6.04 Å². The van der Waals surface area contributed by atoms with Gasteiger partial charge in [0.2, 0.25) is 0 Å². The first kappa shape index (κ1) is 8.51. The molecule has 70 valence electrons. The molecule has 2 nitrogen and oxygen atoms in total. The van der Waals surface area contributed by atoms with Crippen LogP contribution in [-0.2, 0) is 0 Å². The van der Waals surface area contributed by atoms with Gasteiger partial charge in [0.1, 0.15) is 6.17 Å². The number of alkyl halides is 1. The Bertz CT molecular complexity index is 263. The number of anilines is 1. The number of hydrogen-bond acceptors (Lipinski definition) is 2. The number of para-hydroxylation sites is 1. The van der Waals surface area contributed by atoms with Gasteiger partial charge in [0.25, 0.3) is 0 Å². The zero-order valence-electron chi connectivity index (χ0n) is 7.33. The fourth-order valence-corrected chi connectivity index (χ4v) is 1.54. The van der Waals surface area contributed by atoms with Crippen molar-refractivity contribution in [2.45, 2.75) is 12.2 Å². The van der Waals surface area contributed by atoms with Gasteiger partial charge in [-0.3, -0.25) is 0 Å². The first-order valence-electron chi connectivity index (χ1n) is 4.52. The molecular weight excluding hydrogens is 167 g/mol. The largest absolute Gasteiger partial charge is 0.378 e. The molecule has 2 rings (SSSR count). The molecule has 0 radical (unpaired) electrons. The molecule has 0 bridgehead atoms. The number of nitrogens with one attached hydrogen (secondary N) is 2. The monoisotopic (exact) mass is 180 g/mol. The third kappa shape index (κ3) is 1.98. The first-order chi connectivity index (χ1) is 6.36. The molecular formula is C10H13FN2.